The molecular weight excluding hydrogens is 316 g/mol. The summed E-state index contributed by atoms with van der Waals surface area (Å²) in [5.41, 5.74) is 11.6. The van der Waals surface area contributed by atoms with E-state index in [-0.39, 0.29) is 6.42 Å². The highest BCUT2D eigenvalue weighted by molar-refractivity contribution is 5.78. The number of amides is 1. The molecule has 1 saturated carbocycles. The van der Waals surface area contributed by atoms with Crippen LogP contribution in [0.1, 0.15) is 45.1 Å². The summed E-state index contributed by atoms with van der Waals surface area (Å²) in [6.07, 6.45) is 1.81. The van der Waals surface area contributed by atoms with E-state index >= 15 is 0 Å². The Morgan fingerprint density at radius 2 is 1.80 bits per heavy atom. The third-order valence-electron chi connectivity index (χ3n) is 5.49. The second kappa shape index (κ2) is 8.30. The van der Waals surface area contributed by atoms with Crippen LogP contribution in [-0.2, 0) is 11.2 Å². The minimum Gasteiger partial charge on any atom is -0.391 e. The van der Waals surface area contributed by atoms with Crippen LogP contribution in [0.3, 0.4) is 0 Å². The lowest BCUT2D eigenvalue weighted by atomic mass is 9.66. The van der Waals surface area contributed by atoms with Crippen LogP contribution in [-0.4, -0.2) is 33.9 Å². The van der Waals surface area contributed by atoms with Crippen molar-refractivity contribution in [2.75, 3.05) is 0 Å². The molecule has 6 N–H and O–H groups in total. The fraction of sp³-hybridized carbons (Fsp3) is 0.650. The molecule has 0 radical (unpaired) electrons. The van der Waals surface area contributed by atoms with Crippen molar-refractivity contribution in [2.45, 2.75) is 63.7 Å². The van der Waals surface area contributed by atoms with Gasteiger partial charge in [-0.2, -0.15) is 0 Å². The first-order valence-electron chi connectivity index (χ1n) is 9.20. The van der Waals surface area contributed by atoms with Crippen LogP contribution in [0.2, 0.25) is 0 Å². The second-order valence-electron chi connectivity index (χ2n) is 8.07. The molecule has 1 amide bonds. The van der Waals surface area contributed by atoms with E-state index in [1.807, 2.05) is 30.3 Å². The van der Waals surface area contributed by atoms with E-state index in [1.54, 1.807) is 0 Å². The highest BCUT2D eigenvalue weighted by Gasteiger charge is 2.46. The van der Waals surface area contributed by atoms with E-state index in [0.717, 1.165) is 12.0 Å². The number of primary amides is 1. The molecule has 25 heavy (non-hydrogen) atoms. The molecule has 5 atom stereocenters. The summed E-state index contributed by atoms with van der Waals surface area (Å²) in [7, 11) is 0. The molecule has 1 aromatic rings. The molecule has 0 bridgehead atoms. The molecule has 140 valence electrons. The number of aliphatic hydroxyl groups excluding tert-OH is 1. The van der Waals surface area contributed by atoms with Crippen molar-refractivity contribution in [3.05, 3.63) is 35.9 Å². The van der Waals surface area contributed by atoms with Crippen LogP contribution in [0.5, 0.6) is 0 Å². The Morgan fingerprint density at radius 1 is 1.24 bits per heavy atom. The Hall–Kier alpha value is -1.43. The zero-order valence-electron chi connectivity index (χ0n) is 15.3. The molecule has 0 aromatic heterocycles. The fourth-order valence-corrected chi connectivity index (χ4v) is 4.47. The molecule has 1 aromatic carbocycles. The maximum Gasteiger partial charge on any atom is 0.223 e. The predicted molar refractivity (Wildman–Crippen MR) is 98.6 cm³/mol. The van der Waals surface area contributed by atoms with Gasteiger partial charge >= 0.3 is 0 Å². The van der Waals surface area contributed by atoms with Crippen molar-refractivity contribution in [2.24, 2.45) is 29.2 Å². The number of aliphatic hydroxyl groups is 2. The van der Waals surface area contributed by atoms with E-state index in [4.69, 9.17) is 11.5 Å². The molecule has 2 rings (SSSR count). The largest absolute Gasteiger partial charge is 0.391 e. The third-order valence-corrected chi connectivity index (χ3v) is 5.49. The maximum atomic E-state index is 12.0. The maximum absolute atomic E-state index is 12.0. The quantitative estimate of drug-likeness (QED) is 0.600. The first kappa shape index (κ1) is 19.9. The van der Waals surface area contributed by atoms with Crippen LogP contribution >= 0.6 is 0 Å². The van der Waals surface area contributed by atoms with E-state index < -0.39 is 29.6 Å². The first-order chi connectivity index (χ1) is 11.7. The Labute approximate surface area is 150 Å². The number of hydrogen-bond donors (Lipinski definition) is 4. The van der Waals surface area contributed by atoms with Crippen molar-refractivity contribution in [3.8, 4) is 0 Å². The first-order valence-corrected chi connectivity index (χ1v) is 9.20. The Kier molecular flexibility index (Phi) is 6.60. The van der Waals surface area contributed by atoms with Crippen molar-refractivity contribution in [3.63, 3.8) is 0 Å². The summed E-state index contributed by atoms with van der Waals surface area (Å²) < 4.78 is 0. The van der Waals surface area contributed by atoms with Gasteiger partial charge in [-0.05, 0) is 49.5 Å². The van der Waals surface area contributed by atoms with Gasteiger partial charge in [-0.1, -0.05) is 44.2 Å². The highest BCUT2D eigenvalue weighted by atomic mass is 16.3. The number of carbonyl (C=O) groups is 1. The van der Waals surface area contributed by atoms with Gasteiger partial charge in [-0.15, -0.1) is 0 Å². The van der Waals surface area contributed by atoms with Gasteiger partial charge in [0.05, 0.1) is 17.6 Å². The molecule has 5 heteroatoms. The van der Waals surface area contributed by atoms with Crippen LogP contribution in [0.15, 0.2) is 30.3 Å². The van der Waals surface area contributed by atoms with E-state index in [0.29, 0.717) is 31.1 Å². The van der Waals surface area contributed by atoms with Crippen molar-refractivity contribution < 1.29 is 15.0 Å². The Bertz CT molecular complexity index is 553. The van der Waals surface area contributed by atoms with Gasteiger partial charge in [0.1, 0.15) is 0 Å². The lowest BCUT2D eigenvalue weighted by Crippen LogP contribution is -2.52. The van der Waals surface area contributed by atoms with Gasteiger partial charge in [-0.25, -0.2) is 0 Å². The summed E-state index contributed by atoms with van der Waals surface area (Å²) in [4.78, 5) is 12.0. The molecule has 0 heterocycles. The fourth-order valence-electron chi connectivity index (χ4n) is 4.47. The molecule has 0 spiro atoms. The number of carbonyl (C=O) groups excluding carboxylic acids is 1. The standard InChI is InChI=1S/C20H32N2O3/c1-13-8-14(2)12-20(25,11-13)16(19(22)24)10-18(23)17(21)9-15-6-4-3-5-7-15/h3-7,13-14,16-18,23,25H,8-12,21H2,1-2H3,(H2,22,24)/t13?,14?,16-,17+,18+,20?/m1/s1. The summed E-state index contributed by atoms with van der Waals surface area (Å²) in [5, 5.41) is 21.6. The van der Waals surface area contributed by atoms with Crippen LogP contribution < -0.4 is 11.5 Å². The number of hydrogen-bond acceptors (Lipinski definition) is 4. The average Bonchev–Trinajstić information content (AvgIpc) is 2.51. The Balaban J connectivity index is 2.06. The lowest BCUT2D eigenvalue weighted by molar-refractivity contribution is -0.141. The van der Waals surface area contributed by atoms with Gasteiger partial charge in [0.15, 0.2) is 0 Å². The third kappa shape index (κ3) is 5.27. The highest BCUT2D eigenvalue weighted by Crippen LogP contribution is 2.42. The van der Waals surface area contributed by atoms with Gasteiger partial charge in [-0.3, -0.25) is 4.79 Å². The summed E-state index contributed by atoms with van der Waals surface area (Å²) in [5.74, 6) is -0.694. The van der Waals surface area contributed by atoms with Crippen molar-refractivity contribution in [1.82, 2.24) is 0 Å². The van der Waals surface area contributed by atoms with Gasteiger partial charge in [0, 0.05) is 6.04 Å². The summed E-state index contributed by atoms with van der Waals surface area (Å²) in [6, 6.07) is 9.18. The number of nitrogens with two attached hydrogens (primary N) is 2. The molecular formula is C20H32N2O3. The second-order valence-corrected chi connectivity index (χ2v) is 8.07. The number of benzene rings is 1. The topological polar surface area (TPSA) is 110 Å². The minimum atomic E-state index is -1.16. The van der Waals surface area contributed by atoms with Crippen LogP contribution in [0.25, 0.3) is 0 Å². The minimum absolute atomic E-state index is 0.0965. The molecule has 0 aliphatic heterocycles. The van der Waals surface area contributed by atoms with E-state index in [9.17, 15) is 15.0 Å². The molecule has 5 nitrogen and oxygen atoms in total. The molecule has 2 unspecified atom stereocenters. The van der Waals surface area contributed by atoms with Crippen molar-refractivity contribution >= 4 is 5.91 Å². The lowest BCUT2D eigenvalue weighted by Gasteiger charge is -2.43. The smallest absolute Gasteiger partial charge is 0.223 e. The average molecular weight is 348 g/mol. The summed E-state index contributed by atoms with van der Waals surface area (Å²) in [6.45, 7) is 4.16. The van der Waals surface area contributed by atoms with E-state index in [2.05, 4.69) is 13.8 Å². The molecule has 1 aliphatic carbocycles. The van der Waals surface area contributed by atoms with Crippen LogP contribution in [0, 0.1) is 17.8 Å². The van der Waals surface area contributed by atoms with Gasteiger partial charge in [0.25, 0.3) is 0 Å². The zero-order valence-corrected chi connectivity index (χ0v) is 15.3. The van der Waals surface area contributed by atoms with E-state index in [1.165, 1.54) is 0 Å². The van der Waals surface area contributed by atoms with Gasteiger partial charge < -0.3 is 21.7 Å². The Morgan fingerprint density at radius 3 is 2.32 bits per heavy atom. The van der Waals surface area contributed by atoms with Crippen molar-refractivity contribution in [1.29, 1.82) is 0 Å². The van der Waals surface area contributed by atoms with Crippen LogP contribution in [0.4, 0.5) is 0 Å². The molecule has 0 saturated heterocycles. The normalized spacial score (nSPS) is 30.4. The molecule has 1 fully saturated rings. The SMILES string of the molecule is CC1CC(C)CC(O)([C@H](C[C@H](O)[C@@H](N)Cc2ccccc2)C(N)=O)C1. The molecule has 1 aliphatic rings. The number of rotatable bonds is 7. The monoisotopic (exact) mass is 348 g/mol. The zero-order chi connectivity index (χ0) is 18.6. The van der Waals surface area contributed by atoms with Gasteiger partial charge in [0.2, 0.25) is 5.91 Å². The predicted octanol–water partition coefficient (Wildman–Crippen LogP) is 1.60. The summed E-state index contributed by atoms with van der Waals surface area (Å²) >= 11 is 0.